The molecule has 0 bridgehead atoms. The predicted molar refractivity (Wildman–Crippen MR) is 82.5 cm³/mol. The highest BCUT2D eigenvalue weighted by molar-refractivity contribution is 9.10. The van der Waals surface area contributed by atoms with Gasteiger partial charge < -0.3 is 10.4 Å². The van der Waals surface area contributed by atoms with Crippen LogP contribution in [0.2, 0.25) is 0 Å². The van der Waals surface area contributed by atoms with Gasteiger partial charge in [0.05, 0.1) is 0 Å². The molecule has 2 rings (SSSR count). The van der Waals surface area contributed by atoms with E-state index in [1.54, 1.807) is 12.1 Å². The summed E-state index contributed by atoms with van der Waals surface area (Å²) in [5.41, 5.74) is 2.59. The number of aromatic hydroxyl groups is 1. The van der Waals surface area contributed by atoms with Crippen molar-refractivity contribution in [3.05, 3.63) is 64.1 Å². The number of benzene rings is 2. The van der Waals surface area contributed by atoms with E-state index in [4.69, 9.17) is 0 Å². The summed E-state index contributed by atoms with van der Waals surface area (Å²) in [6.45, 7) is 1.95. The van der Waals surface area contributed by atoms with E-state index in [-0.39, 0.29) is 0 Å². The molecule has 0 radical (unpaired) electrons. The maximum atomic E-state index is 9.19. The molecule has 100 valence electrons. The Hall–Kier alpha value is -1.32. The fourth-order valence-corrected chi connectivity index (χ4v) is 2.17. The molecule has 0 aliphatic carbocycles. The van der Waals surface area contributed by atoms with E-state index in [2.05, 4.69) is 45.5 Å². The maximum Gasteiger partial charge on any atom is 0.115 e. The second-order valence-corrected chi connectivity index (χ2v) is 5.46. The van der Waals surface area contributed by atoms with Crippen LogP contribution in [-0.2, 0) is 12.8 Å². The van der Waals surface area contributed by atoms with Gasteiger partial charge >= 0.3 is 0 Å². The molecule has 3 heteroatoms. The van der Waals surface area contributed by atoms with Crippen molar-refractivity contribution in [2.24, 2.45) is 0 Å². The summed E-state index contributed by atoms with van der Waals surface area (Å²) >= 11 is 3.44. The van der Waals surface area contributed by atoms with E-state index in [9.17, 15) is 5.11 Å². The number of nitrogens with one attached hydrogen (secondary N) is 1. The third kappa shape index (κ3) is 5.05. The van der Waals surface area contributed by atoms with Gasteiger partial charge in [0.1, 0.15) is 5.75 Å². The first-order valence-corrected chi connectivity index (χ1v) is 7.26. The van der Waals surface area contributed by atoms with E-state index in [0.717, 1.165) is 30.4 Å². The van der Waals surface area contributed by atoms with E-state index >= 15 is 0 Å². The zero-order valence-electron chi connectivity index (χ0n) is 10.8. The molecule has 0 saturated carbocycles. The Labute approximate surface area is 122 Å². The smallest absolute Gasteiger partial charge is 0.115 e. The first kappa shape index (κ1) is 14.1. The maximum absolute atomic E-state index is 9.19. The van der Waals surface area contributed by atoms with Crippen molar-refractivity contribution < 1.29 is 5.11 Å². The number of rotatable bonds is 6. The average molecular weight is 320 g/mol. The van der Waals surface area contributed by atoms with Gasteiger partial charge in [0.2, 0.25) is 0 Å². The molecule has 2 N–H and O–H groups in total. The first-order chi connectivity index (χ1) is 9.24. The fraction of sp³-hybridized carbons (Fsp3) is 0.250. The highest BCUT2D eigenvalue weighted by Gasteiger charge is 1.95. The second-order valence-electron chi connectivity index (χ2n) is 4.54. The van der Waals surface area contributed by atoms with Crippen molar-refractivity contribution in [1.82, 2.24) is 5.32 Å². The lowest BCUT2D eigenvalue weighted by Gasteiger charge is -2.05. The second kappa shape index (κ2) is 7.31. The summed E-state index contributed by atoms with van der Waals surface area (Å²) in [6.07, 6.45) is 2.03. The van der Waals surface area contributed by atoms with Crippen LogP contribution < -0.4 is 5.32 Å². The minimum absolute atomic E-state index is 0.326. The van der Waals surface area contributed by atoms with Gasteiger partial charge in [-0.25, -0.2) is 0 Å². The van der Waals surface area contributed by atoms with E-state index in [1.165, 1.54) is 11.1 Å². The molecular weight excluding hydrogens is 302 g/mol. The fourth-order valence-electron chi connectivity index (χ4n) is 1.90. The summed E-state index contributed by atoms with van der Waals surface area (Å²) in [6, 6.07) is 15.8. The Kier molecular flexibility index (Phi) is 5.43. The van der Waals surface area contributed by atoms with Crippen LogP contribution in [0.1, 0.15) is 11.1 Å². The Morgan fingerprint density at radius 1 is 0.789 bits per heavy atom. The number of phenols is 1. The summed E-state index contributed by atoms with van der Waals surface area (Å²) in [5, 5.41) is 12.6. The zero-order valence-corrected chi connectivity index (χ0v) is 12.4. The molecule has 0 heterocycles. The van der Waals surface area contributed by atoms with Gasteiger partial charge in [-0.05, 0) is 61.3 Å². The Morgan fingerprint density at radius 3 is 1.79 bits per heavy atom. The van der Waals surface area contributed by atoms with Crippen LogP contribution in [0.4, 0.5) is 0 Å². The number of phenolic OH excluding ortho intramolecular Hbond substituents is 1. The minimum atomic E-state index is 0.326. The Bertz CT molecular complexity index is 446. The number of hydrogen-bond acceptors (Lipinski definition) is 2. The van der Waals surface area contributed by atoms with Crippen LogP contribution in [0.3, 0.4) is 0 Å². The van der Waals surface area contributed by atoms with Crippen molar-refractivity contribution in [2.75, 3.05) is 13.1 Å². The molecule has 0 aliphatic heterocycles. The van der Waals surface area contributed by atoms with Crippen molar-refractivity contribution in [2.45, 2.75) is 12.8 Å². The number of halogens is 1. The lowest BCUT2D eigenvalue weighted by molar-refractivity contribution is 0.475. The van der Waals surface area contributed by atoms with Gasteiger partial charge in [-0.15, -0.1) is 0 Å². The molecule has 0 unspecified atom stereocenters. The molecule has 2 aromatic carbocycles. The summed E-state index contributed by atoms with van der Waals surface area (Å²) < 4.78 is 1.12. The lowest BCUT2D eigenvalue weighted by Crippen LogP contribution is -2.20. The van der Waals surface area contributed by atoms with Gasteiger partial charge in [0.15, 0.2) is 0 Å². The monoisotopic (exact) mass is 319 g/mol. The van der Waals surface area contributed by atoms with Crippen LogP contribution in [0, 0.1) is 0 Å². The van der Waals surface area contributed by atoms with Crippen LogP contribution in [0.25, 0.3) is 0 Å². The van der Waals surface area contributed by atoms with Gasteiger partial charge in [0.25, 0.3) is 0 Å². The van der Waals surface area contributed by atoms with Gasteiger partial charge in [-0.2, -0.15) is 0 Å². The topological polar surface area (TPSA) is 32.3 Å². The summed E-state index contributed by atoms with van der Waals surface area (Å²) in [4.78, 5) is 0. The average Bonchev–Trinajstić information content (AvgIpc) is 2.43. The van der Waals surface area contributed by atoms with Crippen molar-refractivity contribution in [3.8, 4) is 5.75 Å². The first-order valence-electron chi connectivity index (χ1n) is 6.47. The Morgan fingerprint density at radius 2 is 1.26 bits per heavy atom. The molecule has 2 aromatic rings. The summed E-state index contributed by atoms with van der Waals surface area (Å²) in [5.74, 6) is 0.326. The van der Waals surface area contributed by atoms with Crippen LogP contribution in [0.15, 0.2) is 53.0 Å². The third-order valence-electron chi connectivity index (χ3n) is 3.03. The molecular formula is C16H18BrNO. The lowest BCUT2D eigenvalue weighted by atomic mass is 10.1. The predicted octanol–water partition coefficient (Wildman–Crippen LogP) is 3.53. The highest BCUT2D eigenvalue weighted by atomic mass is 79.9. The van der Waals surface area contributed by atoms with E-state index in [1.807, 2.05) is 12.1 Å². The van der Waals surface area contributed by atoms with Gasteiger partial charge in [-0.1, -0.05) is 40.2 Å². The molecule has 0 spiro atoms. The standard InChI is InChI=1S/C16H18BrNO/c17-15-5-1-13(2-6-15)9-11-18-12-10-14-3-7-16(19)8-4-14/h1-8,18-19H,9-12H2. The van der Waals surface area contributed by atoms with Crippen molar-refractivity contribution in [3.63, 3.8) is 0 Å². The molecule has 0 saturated heterocycles. The quantitative estimate of drug-likeness (QED) is 0.798. The van der Waals surface area contributed by atoms with Crippen LogP contribution in [-0.4, -0.2) is 18.2 Å². The third-order valence-corrected chi connectivity index (χ3v) is 3.56. The van der Waals surface area contributed by atoms with E-state index in [0.29, 0.717) is 5.75 Å². The molecule has 0 aromatic heterocycles. The molecule has 0 atom stereocenters. The molecule has 0 aliphatic rings. The Balaban J connectivity index is 1.64. The van der Waals surface area contributed by atoms with Crippen molar-refractivity contribution in [1.29, 1.82) is 0 Å². The molecule has 19 heavy (non-hydrogen) atoms. The highest BCUT2D eigenvalue weighted by Crippen LogP contribution is 2.11. The number of hydrogen-bond donors (Lipinski definition) is 2. The van der Waals surface area contributed by atoms with Crippen molar-refractivity contribution >= 4 is 15.9 Å². The zero-order chi connectivity index (χ0) is 13.5. The van der Waals surface area contributed by atoms with E-state index < -0.39 is 0 Å². The van der Waals surface area contributed by atoms with Crippen LogP contribution >= 0.6 is 15.9 Å². The minimum Gasteiger partial charge on any atom is -0.508 e. The molecule has 2 nitrogen and oxygen atoms in total. The van der Waals surface area contributed by atoms with Gasteiger partial charge in [0, 0.05) is 4.47 Å². The SMILES string of the molecule is Oc1ccc(CCNCCc2ccc(Br)cc2)cc1. The molecule has 0 fully saturated rings. The summed E-state index contributed by atoms with van der Waals surface area (Å²) in [7, 11) is 0. The van der Waals surface area contributed by atoms with Gasteiger partial charge in [-0.3, -0.25) is 0 Å². The normalized spacial score (nSPS) is 10.6. The largest absolute Gasteiger partial charge is 0.508 e. The van der Waals surface area contributed by atoms with Crippen LogP contribution in [0.5, 0.6) is 5.75 Å². The molecule has 0 amide bonds.